The van der Waals surface area contributed by atoms with Crippen LogP contribution in [0.5, 0.6) is 0 Å². The highest BCUT2D eigenvalue weighted by molar-refractivity contribution is 7.60. The van der Waals surface area contributed by atoms with Gasteiger partial charge in [0.2, 0.25) is 7.37 Å². The van der Waals surface area contributed by atoms with E-state index in [1.54, 1.807) is 0 Å². The van der Waals surface area contributed by atoms with Crippen LogP contribution < -0.4 is 0 Å². The number of fused-ring (bicyclic) bond motifs is 3. The lowest BCUT2D eigenvalue weighted by molar-refractivity contribution is 0.231. The third-order valence-corrected chi connectivity index (χ3v) is 8.25. The van der Waals surface area contributed by atoms with Gasteiger partial charge in [0.05, 0.1) is 0 Å². The molecule has 0 bridgehead atoms. The van der Waals surface area contributed by atoms with E-state index in [9.17, 15) is 9.46 Å². The summed E-state index contributed by atoms with van der Waals surface area (Å²) in [4.78, 5) is 10.3. The molecule has 15 heavy (non-hydrogen) atoms. The summed E-state index contributed by atoms with van der Waals surface area (Å²) in [7, 11) is -2.81. The molecule has 1 saturated heterocycles. The highest BCUT2D eigenvalue weighted by atomic mass is 31.2. The standard InChI is InChI=1S/C12H21O2P/c13-15(14)11-7-3-1-5-9(11)10-6-2-4-8-12(10)15/h9-12H,1-8H2,(H,13,14)/t9-,10+,11-,12-/m1/s1. The van der Waals surface area contributed by atoms with Crippen LogP contribution in [-0.2, 0) is 4.57 Å². The van der Waals surface area contributed by atoms with Gasteiger partial charge in [-0.25, -0.2) is 0 Å². The smallest absolute Gasteiger partial charge is 0.207 e. The van der Waals surface area contributed by atoms with Crippen LogP contribution in [0.3, 0.4) is 0 Å². The van der Waals surface area contributed by atoms with Gasteiger partial charge in [-0.15, -0.1) is 0 Å². The molecule has 5 atom stereocenters. The van der Waals surface area contributed by atoms with Crippen LogP contribution in [0.4, 0.5) is 0 Å². The second-order valence-electron chi connectivity index (χ2n) is 5.70. The van der Waals surface area contributed by atoms with E-state index in [0.717, 1.165) is 12.8 Å². The minimum absolute atomic E-state index is 0.194. The Bertz CT molecular complexity index is 276. The Labute approximate surface area is 91.9 Å². The van der Waals surface area contributed by atoms with E-state index in [4.69, 9.17) is 0 Å². The quantitative estimate of drug-likeness (QED) is 0.645. The van der Waals surface area contributed by atoms with Gasteiger partial charge >= 0.3 is 0 Å². The first-order chi connectivity index (χ1) is 7.21. The van der Waals surface area contributed by atoms with Crippen molar-refractivity contribution in [3.63, 3.8) is 0 Å². The van der Waals surface area contributed by atoms with Gasteiger partial charge in [0.15, 0.2) is 0 Å². The van der Waals surface area contributed by atoms with E-state index < -0.39 is 7.37 Å². The zero-order valence-corrected chi connectivity index (χ0v) is 10.2. The second kappa shape index (κ2) is 3.60. The van der Waals surface area contributed by atoms with Crippen LogP contribution in [0.2, 0.25) is 0 Å². The molecule has 0 aromatic heterocycles. The predicted octanol–water partition coefficient (Wildman–Crippen LogP) is 3.39. The first kappa shape index (κ1) is 10.4. The normalized spacial score (nSPS) is 54.7. The van der Waals surface area contributed by atoms with Gasteiger partial charge in [-0.2, -0.15) is 0 Å². The SMILES string of the molecule is O=P1(O)[C@@H]2CCCC[C@@H]2[C@@H]2CCCC[C@H]21. The van der Waals surface area contributed by atoms with Crippen molar-refractivity contribution >= 4 is 7.37 Å². The van der Waals surface area contributed by atoms with Crippen LogP contribution >= 0.6 is 7.37 Å². The summed E-state index contributed by atoms with van der Waals surface area (Å²) in [6, 6.07) is 0. The maximum Gasteiger partial charge on any atom is 0.207 e. The molecule has 0 aromatic rings. The summed E-state index contributed by atoms with van der Waals surface area (Å²) in [5.74, 6) is 1.22. The third-order valence-electron chi connectivity index (χ3n) is 5.06. The van der Waals surface area contributed by atoms with Crippen LogP contribution in [0, 0.1) is 11.8 Å². The fourth-order valence-electron chi connectivity index (χ4n) is 4.44. The lowest BCUT2D eigenvalue weighted by atomic mass is 9.73. The summed E-state index contributed by atoms with van der Waals surface area (Å²) >= 11 is 0. The average molecular weight is 228 g/mol. The lowest BCUT2D eigenvalue weighted by Gasteiger charge is -2.30. The maximum absolute atomic E-state index is 12.5. The van der Waals surface area contributed by atoms with Crippen molar-refractivity contribution in [1.29, 1.82) is 0 Å². The molecule has 0 aromatic carbocycles. The van der Waals surface area contributed by atoms with Crippen LogP contribution in [0.15, 0.2) is 0 Å². The van der Waals surface area contributed by atoms with Gasteiger partial charge in [0.1, 0.15) is 0 Å². The van der Waals surface area contributed by atoms with Crippen molar-refractivity contribution in [1.82, 2.24) is 0 Å². The zero-order chi connectivity index (χ0) is 10.5. The van der Waals surface area contributed by atoms with E-state index in [-0.39, 0.29) is 11.3 Å². The lowest BCUT2D eigenvalue weighted by Crippen LogP contribution is -2.26. The first-order valence-electron chi connectivity index (χ1n) is 6.53. The molecule has 2 saturated carbocycles. The van der Waals surface area contributed by atoms with Crippen molar-refractivity contribution in [3.8, 4) is 0 Å². The van der Waals surface area contributed by atoms with E-state index in [2.05, 4.69) is 0 Å². The van der Waals surface area contributed by atoms with Crippen LogP contribution in [0.1, 0.15) is 51.4 Å². The van der Waals surface area contributed by atoms with Crippen molar-refractivity contribution in [2.24, 2.45) is 11.8 Å². The van der Waals surface area contributed by atoms with Gasteiger partial charge in [-0.3, -0.25) is 4.57 Å². The van der Waals surface area contributed by atoms with Crippen LogP contribution in [0.25, 0.3) is 0 Å². The van der Waals surface area contributed by atoms with Gasteiger partial charge in [-0.1, -0.05) is 25.7 Å². The van der Waals surface area contributed by atoms with E-state index >= 15 is 0 Å². The molecule has 1 heterocycles. The van der Waals surface area contributed by atoms with Crippen molar-refractivity contribution in [2.75, 3.05) is 0 Å². The number of hydrogen-bond donors (Lipinski definition) is 1. The number of hydrogen-bond acceptors (Lipinski definition) is 1. The highest BCUT2D eigenvalue weighted by Gasteiger charge is 2.57. The Morgan fingerprint density at radius 2 is 1.20 bits per heavy atom. The zero-order valence-electron chi connectivity index (χ0n) is 9.27. The number of rotatable bonds is 0. The second-order valence-corrected chi connectivity index (χ2v) is 8.38. The van der Waals surface area contributed by atoms with Gasteiger partial charge in [0, 0.05) is 11.3 Å². The van der Waals surface area contributed by atoms with E-state index in [1.807, 2.05) is 0 Å². The fraction of sp³-hybridized carbons (Fsp3) is 1.00. The maximum atomic E-state index is 12.5. The molecule has 0 radical (unpaired) electrons. The molecule has 3 heteroatoms. The average Bonchev–Trinajstić information content (AvgIpc) is 2.51. The fourth-order valence-corrected chi connectivity index (χ4v) is 7.88. The predicted molar refractivity (Wildman–Crippen MR) is 61.3 cm³/mol. The molecular formula is C12H21O2P. The molecule has 3 fully saturated rings. The molecule has 3 aliphatic rings. The Morgan fingerprint density at radius 3 is 1.67 bits per heavy atom. The van der Waals surface area contributed by atoms with Crippen molar-refractivity contribution in [3.05, 3.63) is 0 Å². The summed E-state index contributed by atoms with van der Waals surface area (Å²) in [5.41, 5.74) is 0.388. The molecule has 0 amide bonds. The summed E-state index contributed by atoms with van der Waals surface area (Å²) in [6.07, 6.45) is 9.49. The molecule has 1 aliphatic heterocycles. The summed E-state index contributed by atoms with van der Waals surface area (Å²) in [6.45, 7) is 0. The van der Waals surface area contributed by atoms with Crippen molar-refractivity contribution < 1.29 is 9.46 Å². The molecule has 1 N–H and O–H groups in total. The molecular weight excluding hydrogens is 207 g/mol. The molecule has 86 valence electrons. The van der Waals surface area contributed by atoms with Crippen molar-refractivity contribution in [2.45, 2.75) is 62.7 Å². The third kappa shape index (κ3) is 1.45. The molecule has 1 unspecified atom stereocenters. The summed E-state index contributed by atoms with van der Waals surface area (Å²) < 4.78 is 12.5. The Balaban J connectivity index is 1.94. The van der Waals surface area contributed by atoms with E-state index in [1.165, 1.54) is 38.5 Å². The molecule has 0 spiro atoms. The van der Waals surface area contributed by atoms with Crippen LogP contribution in [-0.4, -0.2) is 16.2 Å². The minimum Gasteiger partial charge on any atom is -0.344 e. The molecule has 3 rings (SSSR count). The van der Waals surface area contributed by atoms with E-state index in [0.29, 0.717) is 11.8 Å². The summed E-state index contributed by atoms with van der Waals surface area (Å²) in [5, 5.41) is 0. The minimum atomic E-state index is -2.81. The monoisotopic (exact) mass is 228 g/mol. The Kier molecular flexibility index (Phi) is 2.48. The Hall–Kier alpha value is 0.190. The molecule has 2 nitrogen and oxygen atoms in total. The van der Waals surface area contributed by atoms with Gasteiger partial charge < -0.3 is 4.89 Å². The first-order valence-corrected chi connectivity index (χ1v) is 8.33. The van der Waals surface area contributed by atoms with Gasteiger partial charge in [0.25, 0.3) is 0 Å². The van der Waals surface area contributed by atoms with Gasteiger partial charge in [-0.05, 0) is 37.5 Å². The Morgan fingerprint density at radius 1 is 0.800 bits per heavy atom. The molecule has 2 aliphatic carbocycles. The topological polar surface area (TPSA) is 37.3 Å². The highest BCUT2D eigenvalue weighted by Crippen LogP contribution is 2.70. The largest absolute Gasteiger partial charge is 0.344 e.